The monoisotopic (exact) mass is 1130 g/mol. The smallest absolute Gasteiger partial charge is 0.462 e. The minimum atomic E-state index is -4.39. The van der Waals surface area contributed by atoms with Crippen LogP contribution in [-0.4, -0.2) is 49.3 Å². The van der Waals surface area contributed by atoms with Crippen LogP contribution in [0.1, 0.15) is 322 Å². The maximum atomic E-state index is 12.7. The molecule has 0 aromatic heterocycles. The zero-order valence-electron chi connectivity index (χ0n) is 51.6. The lowest BCUT2D eigenvalue weighted by molar-refractivity contribution is -0.161. The fourth-order valence-electron chi connectivity index (χ4n) is 9.66. The number of rotatable bonds is 63. The normalized spacial score (nSPS) is 13.4. The number of hydrogen-bond acceptors (Lipinski definition) is 8. The van der Waals surface area contributed by atoms with Crippen LogP contribution in [0, 0.1) is 0 Å². The lowest BCUT2D eigenvalue weighted by Gasteiger charge is -2.19. The zero-order valence-corrected chi connectivity index (χ0v) is 52.5. The molecule has 0 aromatic carbocycles. The number of carbonyl (C=O) groups is 2. The Morgan fingerprint density at radius 2 is 0.696 bits per heavy atom. The average Bonchev–Trinajstić information content (AvgIpc) is 3.44. The molecule has 0 amide bonds. The summed E-state index contributed by atoms with van der Waals surface area (Å²) < 4.78 is 33.1. The van der Waals surface area contributed by atoms with Gasteiger partial charge in [0.25, 0.3) is 0 Å². The molecule has 0 heterocycles. The Morgan fingerprint density at radius 3 is 1.04 bits per heavy atom. The van der Waals surface area contributed by atoms with Crippen molar-refractivity contribution in [2.24, 2.45) is 5.73 Å². The molecule has 2 atom stereocenters. The molecule has 0 aliphatic carbocycles. The van der Waals surface area contributed by atoms with Crippen LogP contribution < -0.4 is 5.73 Å². The molecule has 2 unspecified atom stereocenters. The van der Waals surface area contributed by atoms with E-state index in [1.165, 1.54) is 225 Å². The maximum absolute atomic E-state index is 12.7. The van der Waals surface area contributed by atoms with Gasteiger partial charge in [-0.15, -0.1) is 0 Å². The van der Waals surface area contributed by atoms with Crippen molar-refractivity contribution in [2.75, 3.05) is 26.4 Å². The first-order chi connectivity index (χ1) is 38.8. The van der Waals surface area contributed by atoms with Gasteiger partial charge in [0, 0.05) is 19.4 Å². The maximum Gasteiger partial charge on any atom is 0.472 e. The third-order valence-electron chi connectivity index (χ3n) is 14.6. The molecule has 0 spiro atoms. The van der Waals surface area contributed by atoms with Gasteiger partial charge in [-0.3, -0.25) is 18.6 Å². The zero-order chi connectivity index (χ0) is 57.3. The van der Waals surface area contributed by atoms with Gasteiger partial charge in [-0.05, 0) is 83.5 Å². The minimum absolute atomic E-state index is 0.0528. The molecule has 0 aliphatic heterocycles. The van der Waals surface area contributed by atoms with Crippen molar-refractivity contribution in [2.45, 2.75) is 328 Å². The summed E-state index contributed by atoms with van der Waals surface area (Å²) in [6.45, 7) is 3.66. The van der Waals surface area contributed by atoms with E-state index in [0.29, 0.717) is 6.42 Å². The lowest BCUT2D eigenvalue weighted by atomic mass is 10.0. The molecule has 0 bridgehead atoms. The summed E-state index contributed by atoms with van der Waals surface area (Å²) in [6, 6.07) is 0. The Hall–Kier alpha value is -2.55. The molecule has 0 saturated carbocycles. The molecule has 0 aromatic rings. The molecular weight excluding hydrogens is 1000 g/mol. The predicted octanol–water partition coefficient (Wildman–Crippen LogP) is 21.6. The fraction of sp³-hybridized carbons (Fsp3) is 0.797. The summed E-state index contributed by atoms with van der Waals surface area (Å²) in [5.41, 5.74) is 5.39. The van der Waals surface area contributed by atoms with Crippen LogP contribution >= 0.6 is 7.82 Å². The van der Waals surface area contributed by atoms with E-state index in [4.69, 9.17) is 24.3 Å². The third-order valence-corrected chi connectivity index (χ3v) is 15.6. The number of hydrogen-bond donors (Lipinski definition) is 2. The Kier molecular flexibility index (Phi) is 62.5. The van der Waals surface area contributed by atoms with Crippen molar-refractivity contribution in [1.82, 2.24) is 0 Å². The van der Waals surface area contributed by atoms with Crippen molar-refractivity contribution < 1.29 is 37.6 Å². The van der Waals surface area contributed by atoms with Gasteiger partial charge in [0.15, 0.2) is 6.10 Å². The van der Waals surface area contributed by atoms with Gasteiger partial charge in [-0.2, -0.15) is 0 Å². The second kappa shape index (κ2) is 64.6. The fourth-order valence-corrected chi connectivity index (χ4v) is 10.4. The number of phosphoric ester groups is 1. The van der Waals surface area contributed by atoms with Crippen molar-refractivity contribution in [1.29, 1.82) is 0 Å². The second-order valence-electron chi connectivity index (χ2n) is 22.3. The van der Waals surface area contributed by atoms with Crippen LogP contribution in [0.15, 0.2) is 72.9 Å². The van der Waals surface area contributed by atoms with Gasteiger partial charge in [0.1, 0.15) is 6.61 Å². The van der Waals surface area contributed by atoms with Crippen LogP contribution in [0.5, 0.6) is 0 Å². The van der Waals surface area contributed by atoms with Crippen LogP contribution in [0.25, 0.3) is 0 Å². The van der Waals surface area contributed by atoms with Crippen LogP contribution in [-0.2, 0) is 32.7 Å². The number of allylic oxidation sites excluding steroid dienone is 12. The number of phosphoric acid groups is 1. The molecular formula is C69H126NO8P. The molecule has 0 aliphatic rings. The third kappa shape index (κ3) is 64.5. The largest absolute Gasteiger partial charge is 0.472 e. The quantitative estimate of drug-likeness (QED) is 0.0264. The topological polar surface area (TPSA) is 134 Å². The van der Waals surface area contributed by atoms with Gasteiger partial charge < -0.3 is 20.1 Å². The van der Waals surface area contributed by atoms with Crippen molar-refractivity contribution in [3.05, 3.63) is 72.9 Å². The standard InChI is InChI=1S/C69H126NO8P/c1-3-5-7-9-11-13-15-17-19-21-23-25-26-27-28-29-30-31-32-33-34-35-36-37-38-39-40-42-44-46-48-50-52-54-56-58-60-62-69(72)78-67(66-77-79(73,74)76-64-63-70)65-75-68(71)61-59-57-55-53-51-49-47-45-43-41-24-22-20-18-16-14-12-10-8-6-4-2/h5,7,11,13,16-19,22-25,67H,3-4,6,8-10,12,14-15,20-21,26-66,70H2,1-2H3,(H,73,74)/b7-5-,13-11-,18-16-,19-17-,24-22-,25-23-. The molecule has 0 radical (unpaired) electrons. The van der Waals surface area contributed by atoms with Gasteiger partial charge in [-0.25, -0.2) is 4.57 Å². The summed E-state index contributed by atoms with van der Waals surface area (Å²) in [7, 11) is -4.39. The van der Waals surface area contributed by atoms with E-state index in [1.54, 1.807) is 0 Å². The molecule has 0 saturated heterocycles. The van der Waals surface area contributed by atoms with Gasteiger partial charge in [0.2, 0.25) is 0 Å². The lowest BCUT2D eigenvalue weighted by Crippen LogP contribution is -2.29. The number of ether oxygens (including phenoxy) is 2. The molecule has 9 nitrogen and oxygen atoms in total. The summed E-state index contributed by atoms with van der Waals surface area (Å²) in [5.74, 6) is -0.819. The highest BCUT2D eigenvalue weighted by molar-refractivity contribution is 7.47. The summed E-state index contributed by atoms with van der Waals surface area (Å²) >= 11 is 0. The highest BCUT2D eigenvalue weighted by Gasteiger charge is 2.26. The van der Waals surface area contributed by atoms with Crippen molar-refractivity contribution in [3.8, 4) is 0 Å². The van der Waals surface area contributed by atoms with Crippen molar-refractivity contribution in [3.63, 3.8) is 0 Å². The van der Waals surface area contributed by atoms with Crippen LogP contribution in [0.3, 0.4) is 0 Å². The van der Waals surface area contributed by atoms with E-state index < -0.39 is 26.5 Å². The van der Waals surface area contributed by atoms with E-state index in [2.05, 4.69) is 86.8 Å². The predicted molar refractivity (Wildman–Crippen MR) is 339 cm³/mol. The van der Waals surface area contributed by atoms with E-state index in [9.17, 15) is 19.0 Å². The molecule has 0 fully saturated rings. The first-order valence-corrected chi connectivity index (χ1v) is 34.9. The molecule has 10 heteroatoms. The highest BCUT2D eigenvalue weighted by Crippen LogP contribution is 2.43. The Labute approximate surface area is 488 Å². The Morgan fingerprint density at radius 1 is 0.392 bits per heavy atom. The molecule has 460 valence electrons. The van der Waals surface area contributed by atoms with E-state index in [-0.39, 0.29) is 38.6 Å². The van der Waals surface area contributed by atoms with Crippen molar-refractivity contribution >= 4 is 19.8 Å². The number of unbranched alkanes of at least 4 members (excludes halogenated alkanes) is 38. The van der Waals surface area contributed by atoms with Crippen LogP contribution in [0.4, 0.5) is 0 Å². The first-order valence-electron chi connectivity index (χ1n) is 33.4. The van der Waals surface area contributed by atoms with Gasteiger partial charge in [0.05, 0.1) is 13.2 Å². The molecule has 79 heavy (non-hydrogen) atoms. The van der Waals surface area contributed by atoms with E-state index in [1.807, 2.05) is 0 Å². The Balaban J connectivity index is 3.82. The summed E-state index contributed by atoms with van der Waals surface area (Å²) in [4.78, 5) is 35.3. The summed E-state index contributed by atoms with van der Waals surface area (Å²) in [5, 5.41) is 0. The minimum Gasteiger partial charge on any atom is -0.462 e. The highest BCUT2D eigenvalue weighted by atomic mass is 31.2. The summed E-state index contributed by atoms with van der Waals surface area (Å²) in [6.07, 6.45) is 84.2. The number of carbonyl (C=O) groups excluding carboxylic acids is 2. The van der Waals surface area contributed by atoms with Gasteiger partial charge >= 0.3 is 19.8 Å². The van der Waals surface area contributed by atoms with E-state index in [0.717, 1.165) is 64.2 Å². The number of nitrogens with two attached hydrogens (primary N) is 1. The number of esters is 2. The SMILES string of the molecule is CC/C=C\C/C=C\C/C=C\C/C=C\CCCCCCCCCCCCCCCCCCCCCCCCCCC(=O)OC(COC(=O)CCCCCCCCCCC/C=C\C/C=C\CCCCCCC)COP(=O)(O)OCCN. The Bertz CT molecular complexity index is 1520. The average molecular weight is 1130 g/mol. The first kappa shape index (κ1) is 76.5. The molecule has 0 rings (SSSR count). The molecule has 3 N–H and O–H groups in total. The van der Waals surface area contributed by atoms with Crippen LogP contribution in [0.2, 0.25) is 0 Å². The second-order valence-corrected chi connectivity index (χ2v) is 23.8. The van der Waals surface area contributed by atoms with Gasteiger partial charge in [-0.1, -0.05) is 299 Å². The van der Waals surface area contributed by atoms with E-state index >= 15 is 0 Å².